The van der Waals surface area contributed by atoms with Gasteiger partial charge < -0.3 is 32.2 Å². The average Bonchev–Trinajstić information content (AvgIpc) is 4.41. The van der Waals surface area contributed by atoms with Crippen LogP contribution in [0.15, 0.2) is 70.5 Å². The van der Waals surface area contributed by atoms with E-state index in [4.69, 9.17) is 66.7 Å². The van der Waals surface area contributed by atoms with Crippen LogP contribution in [0.25, 0.3) is 65.4 Å². The van der Waals surface area contributed by atoms with Crippen LogP contribution in [0.3, 0.4) is 0 Å². The lowest BCUT2D eigenvalue weighted by Gasteiger charge is -2.38. The Kier molecular flexibility index (Phi) is 14.9. The van der Waals surface area contributed by atoms with E-state index < -0.39 is 27.6 Å². The molecule has 28 heteroatoms. The number of H-pyrrole nitrogens is 1. The van der Waals surface area contributed by atoms with E-state index in [1.165, 1.54) is 48.1 Å². The summed E-state index contributed by atoms with van der Waals surface area (Å²) in [5.74, 6) is -1.63. The molecule has 6 aromatic heterocycles. The Morgan fingerprint density at radius 1 is 0.603 bits per heavy atom. The third-order valence-electron chi connectivity index (χ3n) is 14.7. The molecule has 0 aliphatic carbocycles. The first kappa shape index (κ1) is 53.6. The molecule has 0 spiro atoms. The standard InChI is InChI=1S/C21H21Cl3N6O3S.C18H20N6OS.C11H9N5OS/c1-34-19-26-8-10-2-5-14-16(18(25)31)28-30(17(14)15(10)27-19)13-6-11-3-4-12(7-13)29(11)20(32)33-9-21(22,23)24;1-26-18-20-8-9-2-5-13-15(17(19)25)23-24(16(13)14(9)22-18)12-6-10-3-4-11(7-12)21-10;1-18-11-13-4-5-2-3-6-8(7(5)14-11)15-16-9(6)10(12)17/h2,5,8,11-13H,3-4,6-7,9H2,1H3,(H2,25,31);2,5,8,10-12,21H,3-4,6-7H2,1H3,(H2,19,25);2-4H,1H3,(H2,12,17)(H,15,16). The van der Waals surface area contributed by atoms with E-state index in [9.17, 15) is 19.2 Å². The van der Waals surface area contributed by atoms with Crippen LogP contribution in [0.5, 0.6) is 0 Å². The molecule has 4 bridgehead atoms. The Balaban J connectivity index is 0.000000130. The second-order valence-electron chi connectivity index (χ2n) is 19.4. The van der Waals surface area contributed by atoms with Crippen LogP contribution in [-0.2, 0) is 4.74 Å². The lowest BCUT2D eigenvalue weighted by molar-refractivity contribution is 0.0590. The highest BCUT2D eigenvalue weighted by molar-refractivity contribution is 7.98. The van der Waals surface area contributed by atoms with Gasteiger partial charge in [0, 0.05) is 75.1 Å². The molecule has 0 saturated carbocycles. The monoisotopic (exact) mass is 1170 g/mol. The fraction of sp³-hybridized carbons (Fsp3) is 0.380. The highest BCUT2D eigenvalue weighted by Gasteiger charge is 2.46. The van der Waals surface area contributed by atoms with Crippen molar-refractivity contribution >= 4 is 159 Å². The first-order valence-electron chi connectivity index (χ1n) is 24.8. The van der Waals surface area contributed by atoms with Gasteiger partial charge in [0.2, 0.25) is 3.79 Å². The van der Waals surface area contributed by atoms with E-state index in [0.29, 0.717) is 73.6 Å². The minimum Gasteiger partial charge on any atom is -0.445 e. The maximum Gasteiger partial charge on any atom is 0.410 e. The van der Waals surface area contributed by atoms with Gasteiger partial charge in [0.05, 0.1) is 23.1 Å². The third-order valence-corrected chi connectivity index (χ3v) is 16.7. The number of hydrogen-bond acceptors (Lipinski definition) is 18. The zero-order valence-electron chi connectivity index (χ0n) is 42.0. The number of piperidine rings is 2. The van der Waals surface area contributed by atoms with E-state index in [-0.39, 0.29) is 36.5 Å². The van der Waals surface area contributed by atoms with Crippen molar-refractivity contribution in [2.75, 3.05) is 25.4 Å². The molecule has 3 aromatic carbocycles. The Morgan fingerprint density at radius 2 is 1.05 bits per heavy atom. The Bertz CT molecular complexity index is 3850. The zero-order chi connectivity index (χ0) is 54.7. The van der Waals surface area contributed by atoms with Crippen molar-refractivity contribution in [2.24, 2.45) is 17.2 Å². The fourth-order valence-corrected chi connectivity index (χ4v) is 12.6. The van der Waals surface area contributed by atoms with Gasteiger partial charge in [-0.3, -0.25) is 28.8 Å². The average molecular weight is 1170 g/mol. The molecular weight excluding hydrogens is 1120 g/mol. The quantitative estimate of drug-likeness (QED) is 0.0518. The number of benzene rings is 3. The summed E-state index contributed by atoms with van der Waals surface area (Å²) in [4.78, 5) is 76.7. The molecule has 78 heavy (non-hydrogen) atoms. The number of thioether (sulfide) groups is 3. The number of rotatable bonds is 9. The number of amides is 4. The van der Waals surface area contributed by atoms with Crippen molar-refractivity contribution in [3.05, 3.63) is 72.1 Å². The lowest BCUT2D eigenvalue weighted by atomic mass is 9.97. The molecule has 9 aromatic rings. The number of nitrogens with one attached hydrogen (secondary N) is 2. The summed E-state index contributed by atoms with van der Waals surface area (Å²) in [6.45, 7) is -0.314. The van der Waals surface area contributed by atoms with Gasteiger partial charge >= 0.3 is 6.09 Å². The van der Waals surface area contributed by atoms with E-state index in [1.807, 2.05) is 64.7 Å². The number of aromatic amines is 1. The van der Waals surface area contributed by atoms with Gasteiger partial charge in [-0.15, -0.1) is 0 Å². The van der Waals surface area contributed by atoms with Crippen LogP contribution < -0.4 is 22.5 Å². The summed E-state index contributed by atoms with van der Waals surface area (Å²) < 4.78 is 7.46. The van der Waals surface area contributed by atoms with Crippen LogP contribution in [0.2, 0.25) is 0 Å². The normalized spacial score (nSPS) is 20.8. The molecule has 4 fully saturated rings. The number of halogens is 3. The van der Waals surface area contributed by atoms with E-state index in [2.05, 4.69) is 45.6 Å². The van der Waals surface area contributed by atoms with Gasteiger partial charge in [0.25, 0.3) is 17.7 Å². The smallest absolute Gasteiger partial charge is 0.410 e. The second kappa shape index (κ2) is 21.7. The van der Waals surface area contributed by atoms with Crippen LogP contribution >= 0.6 is 70.1 Å². The first-order chi connectivity index (χ1) is 37.5. The van der Waals surface area contributed by atoms with Crippen molar-refractivity contribution < 1.29 is 23.9 Å². The van der Waals surface area contributed by atoms with Crippen molar-refractivity contribution in [1.82, 2.24) is 69.9 Å². The largest absolute Gasteiger partial charge is 0.445 e. The van der Waals surface area contributed by atoms with E-state index in [0.717, 1.165) is 69.3 Å². The van der Waals surface area contributed by atoms with Gasteiger partial charge in [-0.25, -0.2) is 34.7 Å². The highest BCUT2D eigenvalue weighted by Crippen LogP contribution is 2.44. The van der Waals surface area contributed by atoms with Crippen LogP contribution in [0.1, 0.15) is 94.9 Å². The summed E-state index contributed by atoms with van der Waals surface area (Å²) >= 11 is 21.6. The molecule has 10 heterocycles. The summed E-state index contributed by atoms with van der Waals surface area (Å²) in [7, 11) is 0. The molecule has 404 valence electrons. The minimum absolute atomic E-state index is 0.0470. The van der Waals surface area contributed by atoms with Crippen LogP contribution in [0.4, 0.5) is 4.79 Å². The molecule has 4 amide bonds. The second-order valence-corrected chi connectivity index (χ2v) is 24.2. The number of alkyl halides is 3. The maximum absolute atomic E-state index is 12.7. The third kappa shape index (κ3) is 10.3. The van der Waals surface area contributed by atoms with E-state index in [1.54, 1.807) is 23.4 Å². The highest BCUT2D eigenvalue weighted by atomic mass is 35.6. The molecule has 4 saturated heterocycles. The number of aromatic nitrogens is 12. The molecule has 8 N–H and O–H groups in total. The van der Waals surface area contributed by atoms with Crippen molar-refractivity contribution in [2.45, 2.75) is 107 Å². The number of fused-ring (bicyclic) bond motifs is 13. The van der Waals surface area contributed by atoms with Gasteiger partial charge in [-0.1, -0.05) is 88.3 Å². The minimum atomic E-state index is -1.66. The van der Waals surface area contributed by atoms with Crippen molar-refractivity contribution in [3.8, 4) is 0 Å². The van der Waals surface area contributed by atoms with Crippen molar-refractivity contribution in [3.63, 3.8) is 0 Å². The molecule has 4 unspecified atom stereocenters. The van der Waals surface area contributed by atoms with E-state index >= 15 is 0 Å². The number of nitrogens with two attached hydrogens (primary N) is 3. The van der Waals surface area contributed by atoms with Gasteiger partial charge in [0.1, 0.15) is 34.4 Å². The molecule has 4 aliphatic rings. The lowest BCUT2D eigenvalue weighted by Crippen LogP contribution is -2.47. The Morgan fingerprint density at radius 3 is 1.50 bits per heavy atom. The number of nitrogens with zero attached hydrogens (tertiary/aromatic N) is 12. The zero-order valence-corrected chi connectivity index (χ0v) is 46.7. The van der Waals surface area contributed by atoms with Gasteiger partial charge in [0.15, 0.2) is 26.9 Å². The SMILES string of the molecule is CSc1ncc2ccc3c(C(N)=O)[nH]nc3c2n1.CSc1ncc2ccc3c(C(N)=O)nn(C4CC5CCC(C4)N5)c3c2n1.CSc1ncc2ccc3c(C(N)=O)nn(C4CC5CCC(C4)N5C(=O)OCC(Cl)(Cl)Cl)c3c2n1. The molecule has 22 nitrogen and oxygen atoms in total. The number of hydrogen-bond donors (Lipinski definition) is 5. The molecule has 4 aliphatic heterocycles. The topological polar surface area (TPSA) is 313 Å². The predicted molar refractivity (Wildman–Crippen MR) is 303 cm³/mol. The van der Waals surface area contributed by atoms with Crippen LogP contribution in [0, 0.1) is 0 Å². The number of ether oxygens (including phenoxy) is 1. The van der Waals surface area contributed by atoms with Crippen LogP contribution in [-0.4, -0.2) is 142 Å². The van der Waals surface area contributed by atoms with Gasteiger partial charge in [-0.2, -0.15) is 15.3 Å². The summed E-state index contributed by atoms with van der Waals surface area (Å²) in [6, 6.07) is 12.4. The molecule has 13 rings (SSSR count). The Hall–Kier alpha value is -6.35. The fourth-order valence-electron chi connectivity index (χ4n) is 11.4. The number of carbonyl (C=O) groups excluding carboxylic acids is 4. The number of primary amides is 3. The molecule has 4 atom stereocenters. The first-order valence-corrected chi connectivity index (χ1v) is 29.6. The predicted octanol–water partition coefficient (Wildman–Crippen LogP) is 8.06. The number of carbonyl (C=O) groups is 4. The van der Waals surface area contributed by atoms with Crippen molar-refractivity contribution in [1.29, 1.82) is 0 Å². The maximum atomic E-state index is 12.7. The molecule has 0 radical (unpaired) electrons. The summed E-state index contributed by atoms with van der Waals surface area (Å²) in [5.41, 5.74) is 22.0. The molecular formula is C50H50Cl3N17O5S3. The summed E-state index contributed by atoms with van der Waals surface area (Å²) in [6.07, 6.45) is 18.0. The summed E-state index contributed by atoms with van der Waals surface area (Å²) in [5, 5.41) is 26.5. The Labute approximate surface area is 471 Å². The van der Waals surface area contributed by atoms with Gasteiger partial charge in [-0.05, 0) is 88.3 Å².